The van der Waals surface area contributed by atoms with E-state index >= 15 is 0 Å². The Kier molecular flexibility index (Phi) is 30.1. The molecule has 6 atom stereocenters. The average Bonchev–Trinajstić information content (AvgIpc) is 3.14. The second kappa shape index (κ2) is 33.0. The lowest BCUT2D eigenvalue weighted by atomic mass is 9.99. The van der Waals surface area contributed by atoms with E-state index in [2.05, 4.69) is 74.6 Å². The third kappa shape index (κ3) is 24.6. The van der Waals surface area contributed by atoms with Crippen LogP contribution < -0.4 is 0 Å². The van der Waals surface area contributed by atoms with Gasteiger partial charge in [-0.25, -0.2) is 0 Å². The summed E-state index contributed by atoms with van der Waals surface area (Å²) in [5.74, 6) is -0.855. The van der Waals surface area contributed by atoms with Crippen molar-refractivity contribution in [2.45, 2.75) is 173 Å². The van der Waals surface area contributed by atoms with E-state index in [1.54, 1.807) is 0 Å². The summed E-state index contributed by atoms with van der Waals surface area (Å²) in [6.07, 6.45) is 31.0. The summed E-state index contributed by atoms with van der Waals surface area (Å²) < 4.78 is 22.0. The molecule has 0 spiro atoms. The minimum absolute atomic E-state index is 0.189. The van der Waals surface area contributed by atoms with Crippen LogP contribution in [0.5, 0.6) is 0 Å². The third-order valence-electron chi connectivity index (χ3n) is 8.67. The van der Waals surface area contributed by atoms with E-state index in [4.69, 9.17) is 18.9 Å². The molecule has 10 nitrogen and oxygen atoms in total. The topological polar surface area (TPSA) is 152 Å². The molecule has 0 radical (unpaired) electrons. The van der Waals surface area contributed by atoms with Crippen LogP contribution in [0.15, 0.2) is 60.8 Å². The highest BCUT2D eigenvalue weighted by molar-refractivity contribution is 5.70. The number of aliphatic hydroxyl groups excluding tert-OH is 4. The number of carbonyl (C=O) groups is 2. The molecule has 298 valence electrons. The van der Waals surface area contributed by atoms with Gasteiger partial charge in [-0.15, -0.1) is 0 Å². The maximum absolute atomic E-state index is 12.7. The molecule has 0 aliphatic carbocycles. The maximum Gasteiger partial charge on any atom is 0.306 e. The molecule has 0 aromatic rings. The number of unbranched alkanes of at least 4 members (excludes halogenated alkanes) is 10. The van der Waals surface area contributed by atoms with E-state index in [1.165, 1.54) is 25.7 Å². The molecule has 1 rings (SSSR count). The van der Waals surface area contributed by atoms with Crippen LogP contribution in [0.4, 0.5) is 0 Å². The molecule has 0 saturated carbocycles. The fraction of sp³-hybridized carbons (Fsp3) is 0.714. The van der Waals surface area contributed by atoms with Crippen molar-refractivity contribution in [3.63, 3.8) is 0 Å². The number of hydrogen-bond acceptors (Lipinski definition) is 10. The summed E-state index contributed by atoms with van der Waals surface area (Å²) in [4.78, 5) is 25.1. The number of rotatable bonds is 31. The highest BCUT2D eigenvalue weighted by Gasteiger charge is 2.44. The molecule has 1 fully saturated rings. The van der Waals surface area contributed by atoms with Gasteiger partial charge in [0.25, 0.3) is 0 Å². The van der Waals surface area contributed by atoms with Crippen LogP contribution in [-0.4, -0.2) is 89.0 Å². The van der Waals surface area contributed by atoms with Gasteiger partial charge >= 0.3 is 11.9 Å². The highest BCUT2D eigenvalue weighted by atomic mass is 16.7. The molecule has 0 aromatic carbocycles. The Labute approximate surface area is 313 Å². The lowest BCUT2D eigenvalue weighted by Crippen LogP contribution is -2.59. The lowest BCUT2D eigenvalue weighted by Gasteiger charge is -2.39. The summed E-state index contributed by atoms with van der Waals surface area (Å²) >= 11 is 0. The summed E-state index contributed by atoms with van der Waals surface area (Å²) in [6, 6.07) is 0. The predicted molar refractivity (Wildman–Crippen MR) is 205 cm³/mol. The number of allylic oxidation sites excluding steroid dienone is 10. The van der Waals surface area contributed by atoms with E-state index in [9.17, 15) is 30.0 Å². The van der Waals surface area contributed by atoms with Gasteiger partial charge in [-0.1, -0.05) is 126 Å². The maximum atomic E-state index is 12.7. The smallest absolute Gasteiger partial charge is 0.306 e. The van der Waals surface area contributed by atoms with E-state index in [0.717, 1.165) is 77.0 Å². The number of ether oxygens (including phenoxy) is 4. The molecule has 1 heterocycles. The van der Waals surface area contributed by atoms with E-state index in [0.29, 0.717) is 6.42 Å². The molecular weight excluding hydrogens is 664 g/mol. The standard InChI is InChI=1S/C42H70O10/c1-3-5-7-9-11-13-14-15-16-17-18-19-20-21-22-23-25-27-29-31-38(45)51-35(33-49-37(44)30-28-26-24-12-10-8-6-4-2)34-50-42-41(48)40(47)39(46)36(32-43)52-42/h5,7,11,13,15-16,18-19,21-22,35-36,39-43,46-48H,3-4,6,8-10,12,14,17,20,23-34H2,1-2H3/b7-5-,13-11-,16-15-,19-18-,22-21-. The fourth-order valence-electron chi connectivity index (χ4n) is 5.51. The summed E-state index contributed by atoms with van der Waals surface area (Å²) in [6.45, 7) is 3.21. The highest BCUT2D eigenvalue weighted by Crippen LogP contribution is 2.22. The fourth-order valence-corrected chi connectivity index (χ4v) is 5.51. The van der Waals surface area contributed by atoms with Crippen LogP contribution >= 0.6 is 0 Å². The van der Waals surface area contributed by atoms with Crippen molar-refractivity contribution in [1.29, 1.82) is 0 Å². The van der Waals surface area contributed by atoms with Crippen LogP contribution in [0, 0.1) is 0 Å². The first kappa shape index (κ1) is 47.4. The van der Waals surface area contributed by atoms with Gasteiger partial charge in [-0.3, -0.25) is 9.59 Å². The Morgan fingerprint density at radius 2 is 1.13 bits per heavy atom. The van der Waals surface area contributed by atoms with Gasteiger partial charge in [0.15, 0.2) is 12.4 Å². The zero-order chi connectivity index (χ0) is 38.1. The number of hydrogen-bond donors (Lipinski definition) is 4. The van der Waals surface area contributed by atoms with Gasteiger partial charge in [0.2, 0.25) is 0 Å². The predicted octanol–water partition coefficient (Wildman–Crippen LogP) is 7.49. The first-order valence-corrected chi connectivity index (χ1v) is 19.9. The van der Waals surface area contributed by atoms with Crippen molar-refractivity contribution in [1.82, 2.24) is 0 Å². The van der Waals surface area contributed by atoms with Crippen LogP contribution in [0.25, 0.3) is 0 Å². The third-order valence-corrected chi connectivity index (χ3v) is 8.67. The molecule has 0 aromatic heterocycles. The lowest BCUT2D eigenvalue weighted by molar-refractivity contribution is -0.305. The molecule has 10 heteroatoms. The molecule has 0 bridgehead atoms. The van der Waals surface area contributed by atoms with Crippen molar-refractivity contribution in [3.8, 4) is 0 Å². The first-order chi connectivity index (χ1) is 25.3. The average molecular weight is 735 g/mol. The van der Waals surface area contributed by atoms with E-state index in [1.807, 2.05) is 0 Å². The summed E-state index contributed by atoms with van der Waals surface area (Å²) in [5.41, 5.74) is 0. The van der Waals surface area contributed by atoms with E-state index in [-0.39, 0.29) is 26.1 Å². The minimum atomic E-state index is -1.60. The van der Waals surface area contributed by atoms with Gasteiger partial charge in [-0.2, -0.15) is 0 Å². The zero-order valence-electron chi connectivity index (χ0n) is 32.0. The summed E-state index contributed by atoms with van der Waals surface area (Å²) in [5, 5.41) is 39.9. The van der Waals surface area contributed by atoms with Crippen LogP contribution in [-0.2, 0) is 28.5 Å². The SMILES string of the molecule is CC/C=C\C/C=C\C/C=C\C/C=C\C/C=C\CCCCCC(=O)OC(COC(=O)CCCCCCCCCC)COC1OC(CO)C(O)C(O)C1O. The monoisotopic (exact) mass is 734 g/mol. The second-order valence-electron chi connectivity index (χ2n) is 13.4. The Bertz CT molecular complexity index is 1030. The minimum Gasteiger partial charge on any atom is -0.462 e. The molecule has 6 unspecified atom stereocenters. The molecule has 4 N–H and O–H groups in total. The Balaban J connectivity index is 2.39. The van der Waals surface area contributed by atoms with Crippen molar-refractivity contribution in [2.24, 2.45) is 0 Å². The molecule has 1 saturated heterocycles. The Morgan fingerprint density at radius 1 is 0.615 bits per heavy atom. The molecule has 1 aliphatic rings. The van der Waals surface area contributed by atoms with E-state index < -0.39 is 55.4 Å². The second-order valence-corrected chi connectivity index (χ2v) is 13.4. The van der Waals surface area contributed by atoms with Gasteiger partial charge < -0.3 is 39.4 Å². The van der Waals surface area contributed by atoms with Gasteiger partial charge in [0, 0.05) is 12.8 Å². The zero-order valence-corrected chi connectivity index (χ0v) is 32.0. The summed E-state index contributed by atoms with van der Waals surface area (Å²) in [7, 11) is 0. The van der Waals surface area contributed by atoms with Crippen molar-refractivity contribution in [3.05, 3.63) is 60.8 Å². The van der Waals surface area contributed by atoms with Gasteiger partial charge in [-0.05, 0) is 57.8 Å². The largest absolute Gasteiger partial charge is 0.462 e. The number of carbonyl (C=O) groups excluding carboxylic acids is 2. The van der Waals surface area contributed by atoms with Gasteiger partial charge in [0.1, 0.15) is 31.0 Å². The van der Waals surface area contributed by atoms with Crippen molar-refractivity contribution < 1.29 is 49.0 Å². The molecule has 0 amide bonds. The normalized spacial score (nSPS) is 21.7. The first-order valence-electron chi connectivity index (χ1n) is 19.9. The van der Waals surface area contributed by atoms with Crippen molar-refractivity contribution in [2.75, 3.05) is 19.8 Å². The van der Waals surface area contributed by atoms with Crippen LogP contribution in [0.3, 0.4) is 0 Å². The molecule has 52 heavy (non-hydrogen) atoms. The molecule has 1 aliphatic heterocycles. The Morgan fingerprint density at radius 3 is 1.71 bits per heavy atom. The molecular formula is C42H70O10. The Hall–Kier alpha value is -2.60. The van der Waals surface area contributed by atoms with Gasteiger partial charge in [0.05, 0.1) is 13.2 Å². The number of esters is 2. The quantitative estimate of drug-likeness (QED) is 0.0320. The van der Waals surface area contributed by atoms with Crippen LogP contribution in [0.1, 0.15) is 136 Å². The number of aliphatic hydroxyl groups is 4. The van der Waals surface area contributed by atoms with Crippen molar-refractivity contribution >= 4 is 11.9 Å². The van der Waals surface area contributed by atoms with Crippen LogP contribution in [0.2, 0.25) is 0 Å².